The van der Waals surface area contributed by atoms with E-state index in [1.807, 2.05) is 12.1 Å². The molecule has 0 aliphatic carbocycles. The number of hydrogen-bond donors (Lipinski definition) is 1. The van der Waals surface area contributed by atoms with Crippen LogP contribution in [-0.2, 0) is 22.7 Å². The average molecular weight is 321 g/mol. The van der Waals surface area contributed by atoms with Crippen molar-refractivity contribution in [2.45, 2.75) is 20.0 Å². The number of carbonyl (C=O) groups is 2. The number of rotatable bonds is 6. The summed E-state index contributed by atoms with van der Waals surface area (Å²) >= 11 is 5.81. The van der Waals surface area contributed by atoms with Crippen molar-refractivity contribution in [1.29, 1.82) is 0 Å². The van der Waals surface area contributed by atoms with Crippen molar-refractivity contribution in [2.24, 2.45) is 0 Å². The summed E-state index contributed by atoms with van der Waals surface area (Å²) in [6.45, 7) is 2.08. The van der Waals surface area contributed by atoms with Gasteiger partial charge in [-0.1, -0.05) is 23.7 Å². The lowest BCUT2D eigenvalue weighted by atomic mass is 10.2. The van der Waals surface area contributed by atoms with Crippen LogP contribution in [0.3, 0.4) is 0 Å². The Hall–Kier alpha value is -2.27. The first-order valence-corrected chi connectivity index (χ1v) is 7.21. The van der Waals surface area contributed by atoms with E-state index in [1.54, 1.807) is 24.3 Å². The van der Waals surface area contributed by atoms with E-state index in [2.05, 4.69) is 5.32 Å². The minimum atomic E-state index is -0.225. The molecule has 0 fully saturated rings. The number of furan rings is 1. The highest BCUT2D eigenvalue weighted by Gasteiger charge is 2.15. The number of amides is 2. The summed E-state index contributed by atoms with van der Waals surface area (Å²) in [7, 11) is 0. The Morgan fingerprint density at radius 2 is 1.95 bits per heavy atom. The first-order chi connectivity index (χ1) is 10.5. The van der Waals surface area contributed by atoms with Crippen LogP contribution < -0.4 is 5.32 Å². The van der Waals surface area contributed by atoms with Crippen molar-refractivity contribution < 1.29 is 14.0 Å². The van der Waals surface area contributed by atoms with E-state index in [0.717, 1.165) is 5.56 Å². The Kier molecular flexibility index (Phi) is 5.61. The van der Waals surface area contributed by atoms with Gasteiger partial charge in [0.05, 0.1) is 19.4 Å². The van der Waals surface area contributed by atoms with Crippen molar-refractivity contribution in [3.8, 4) is 0 Å². The molecule has 0 unspecified atom stereocenters. The highest BCUT2D eigenvalue weighted by atomic mass is 35.5. The lowest BCUT2D eigenvalue weighted by Crippen LogP contribution is -2.39. The molecule has 0 radical (unpaired) electrons. The molecule has 2 amide bonds. The largest absolute Gasteiger partial charge is 0.467 e. The van der Waals surface area contributed by atoms with Crippen LogP contribution >= 0.6 is 11.6 Å². The molecule has 0 spiro atoms. The van der Waals surface area contributed by atoms with Crippen molar-refractivity contribution >= 4 is 23.4 Å². The van der Waals surface area contributed by atoms with Crippen molar-refractivity contribution in [3.63, 3.8) is 0 Å². The summed E-state index contributed by atoms with van der Waals surface area (Å²) in [5, 5.41) is 3.43. The summed E-state index contributed by atoms with van der Waals surface area (Å²) < 4.78 is 5.20. The Balaban J connectivity index is 1.85. The van der Waals surface area contributed by atoms with Crippen LogP contribution in [0.4, 0.5) is 0 Å². The predicted octanol–water partition coefficient (Wildman–Crippen LogP) is 2.60. The molecule has 0 aliphatic rings. The van der Waals surface area contributed by atoms with Crippen LogP contribution in [0.5, 0.6) is 0 Å². The van der Waals surface area contributed by atoms with Crippen LogP contribution in [0.25, 0.3) is 0 Å². The van der Waals surface area contributed by atoms with Gasteiger partial charge in [-0.15, -0.1) is 0 Å². The molecular formula is C16H17ClN2O3. The number of carbonyl (C=O) groups excluding carboxylic acids is 2. The van der Waals surface area contributed by atoms with Crippen molar-refractivity contribution in [2.75, 3.05) is 6.54 Å². The molecule has 0 saturated carbocycles. The standard InChI is InChI=1S/C16H17ClN2O3/c1-12(20)19(10-15-3-2-8-22-15)11-16(21)18-9-13-4-6-14(17)7-5-13/h2-8H,9-11H2,1H3,(H,18,21). The maximum atomic E-state index is 12.0. The first kappa shape index (κ1) is 16.1. The van der Waals surface area contributed by atoms with Gasteiger partial charge < -0.3 is 14.6 Å². The topological polar surface area (TPSA) is 62.6 Å². The van der Waals surface area contributed by atoms with Gasteiger partial charge in [0.2, 0.25) is 11.8 Å². The summed E-state index contributed by atoms with van der Waals surface area (Å²) in [6, 6.07) is 10.7. The predicted molar refractivity (Wildman–Crippen MR) is 83.1 cm³/mol. The van der Waals surface area contributed by atoms with Gasteiger partial charge >= 0.3 is 0 Å². The second-order valence-corrected chi connectivity index (χ2v) is 5.29. The fourth-order valence-corrected chi connectivity index (χ4v) is 2.03. The lowest BCUT2D eigenvalue weighted by Gasteiger charge is -2.19. The molecule has 2 rings (SSSR count). The summed E-state index contributed by atoms with van der Waals surface area (Å²) in [5.41, 5.74) is 0.943. The minimum absolute atomic E-state index is 0.0103. The van der Waals surface area contributed by atoms with E-state index in [-0.39, 0.29) is 24.9 Å². The zero-order chi connectivity index (χ0) is 15.9. The fourth-order valence-electron chi connectivity index (χ4n) is 1.90. The van der Waals surface area contributed by atoms with Crippen molar-refractivity contribution in [3.05, 3.63) is 59.0 Å². The van der Waals surface area contributed by atoms with Gasteiger partial charge in [-0.05, 0) is 29.8 Å². The van der Waals surface area contributed by atoms with Crippen LogP contribution in [0.1, 0.15) is 18.2 Å². The zero-order valence-corrected chi connectivity index (χ0v) is 13.0. The van der Waals surface area contributed by atoms with Crippen LogP contribution in [-0.4, -0.2) is 23.3 Å². The Morgan fingerprint density at radius 3 is 2.55 bits per heavy atom. The number of halogens is 1. The summed E-state index contributed by atoms with van der Waals surface area (Å²) in [6.07, 6.45) is 1.54. The van der Waals surface area contributed by atoms with Gasteiger partial charge in [0.1, 0.15) is 5.76 Å². The third-order valence-corrected chi connectivity index (χ3v) is 3.36. The quantitative estimate of drug-likeness (QED) is 0.890. The lowest BCUT2D eigenvalue weighted by molar-refractivity contribution is -0.135. The van der Waals surface area contributed by atoms with Crippen LogP contribution in [0.15, 0.2) is 47.1 Å². The number of nitrogens with one attached hydrogen (secondary N) is 1. The molecule has 1 aromatic carbocycles. The van der Waals surface area contributed by atoms with Crippen LogP contribution in [0.2, 0.25) is 5.02 Å². The number of nitrogens with zero attached hydrogens (tertiary/aromatic N) is 1. The number of hydrogen-bond acceptors (Lipinski definition) is 3. The first-order valence-electron chi connectivity index (χ1n) is 6.83. The second-order valence-electron chi connectivity index (χ2n) is 4.86. The number of benzene rings is 1. The molecule has 5 nitrogen and oxygen atoms in total. The molecule has 1 N–H and O–H groups in total. The van der Waals surface area contributed by atoms with Gasteiger partial charge in [-0.2, -0.15) is 0 Å². The molecule has 2 aromatic rings. The second kappa shape index (κ2) is 7.66. The Morgan fingerprint density at radius 1 is 1.23 bits per heavy atom. The zero-order valence-electron chi connectivity index (χ0n) is 12.2. The SMILES string of the molecule is CC(=O)N(CC(=O)NCc1ccc(Cl)cc1)Cc1ccco1. The minimum Gasteiger partial charge on any atom is -0.467 e. The average Bonchev–Trinajstić information content (AvgIpc) is 2.99. The summed E-state index contributed by atoms with van der Waals surface area (Å²) in [5.74, 6) is 0.232. The van der Waals surface area contributed by atoms with Gasteiger partial charge in [-0.25, -0.2) is 0 Å². The van der Waals surface area contributed by atoms with E-state index in [1.165, 1.54) is 18.1 Å². The fraction of sp³-hybridized carbons (Fsp3) is 0.250. The molecule has 0 bridgehead atoms. The molecule has 0 atom stereocenters. The molecule has 1 aromatic heterocycles. The maximum Gasteiger partial charge on any atom is 0.239 e. The Labute approximate surface area is 133 Å². The molecule has 116 valence electrons. The molecule has 0 aliphatic heterocycles. The van der Waals surface area contributed by atoms with Gasteiger partial charge in [0.25, 0.3) is 0 Å². The van der Waals surface area contributed by atoms with E-state index in [9.17, 15) is 9.59 Å². The van der Waals surface area contributed by atoms with E-state index < -0.39 is 0 Å². The highest BCUT2D eigenvalue weighted by Crippen LogP contribution is 2.09. The third kappa shape index (κ3) is 4.93. The van der Waals surface area contributed by atoms with E-state index >= 15 is 0 Å². The summed E-state index contributed by atoms with van der Waals surface area (Å²) in [4.78, 5) is 25.0. The molecule has 6 heteroatoms. The normalized spacial score (nSPS) is 10.3. The van der Waals surface area contributed by atoms with Gasteiger partial charge in [0.15, 0.2) is 0 Å². The molecule has 1 heterocycles. The molecule has 0 saturated heterocycles. The van der Waals surface area contributed by atoms with E-state index in [4.69, 9.17) is 16.0 Å². The van der Waals surface area contributed by atoms with E-state index in [0.29, 0.717) is 17.3 Å². The molecule has 22 heavy (non-hydrogen) atoms. The smallest absolute Gasteiger partial charge is 0.239 e. The molecular weight excluding hydrogens is 304 g/mol. The Bertz CT molecular complexity index is 623. The van der Waals surface area contributed by atoms with Gasteiger partial charge in [-0.3, -0.25) is 9.59 Å². The highest BCUT2D eigenvalue weighted by molar-refractivity contribution is 6.30. The maximum absolute atomic E-state index is 12.0. The monoisotopic (exact) mass is 320 g/mol. The van der Waals surface area contributed by atoms with Crippen molar-refractivity contribution in [1.82, 2.24) is 10.2 Å². The third-order valence-electron chi connectivity index (χ3n) is 3.11. The van der Waals surface area contributed by atoms with Crippen LogP contribution in [0, 0.1) is 0 Å². The van der Waals surface area contributed by atoms with Gasteiger partial charge in [0, 0.05) is 18.5 Å².